The van der Waals surface area contributed by atoms with E-state index < -0.39 is 0 Å². The summed E-state index contributed by atoms with van der Waals surface area (Å²) in [4.78, 5) is 20.6. The largest absolute Gasteiger partial charge is 0.493 e. The van der Waals surface area contributed by atoms with Crippen LogP contribution in [0, 0.1) is 6.92 Å². The first-order valence-corrected chi connectivity index (χ1v) is 6.57. The summed E-state index contributed by atoms with van der Waals surface area (Å²) in [7, 11) is 1.76. The van der Waals surface area contributed by atoms with E-state index in [2.05, 4.69) is 9.97 Å². The lowest BCUT2D eigenvalue weighted by Gasteiger charge is -2.16. The van der Waals surface area contributed by atoms with Crippen LogP contribution in [0.3, 0.4) is 0 Å². The first kappa shape index (κ1) is 14.1. The van der Waals surface area contributed by atoms with E-state index in [1.54, 1.807) is 24.3 Å². The van der Waals surface area contributed by atoms with Gasteiger partial charge in [-0.15, -0.1) is 0 Å². The molecule has 1 heterocycles. The fourth-order valence-electron chi connectivity index (χ4n) is 1.78. The van der Waals surface area contributed by atoms with Crippen molar-refractivity contribution >= 4 is 5.91 Å². The zero-order valence-corrected chi connectivity index (χ0v) is 11.8. The Balaban J connectivity index is 1.73. The molecule has 5 heteroatoms. The summed E-state index contributed by atoms with van der Waals surface area (Å²) in [5.41, 5.74) is 1.19. The number of benzene rings is 1. The number of carbonyl (C=O) groups excluding carboxylic acids is 1. The SMILES string of the molecule is Cc1ccc(OCCC(=O)N(C)Cc2ncc[nH]2)cc1. The number of carbonyl (C=O) groups is 1. The number of ether oxygens (including phenoxy) is 1. The van der Waals surface area contributed by atoms with Crippen LogP contribution in [0.2, 0.25) is 0 Å². The van der Waals surface area contributed by atoms with E-state index in [-0.39, 0.29) is 5.91 Å². The van der Waals surface area contributed by atoms with Crippen LogP contribution in [0.25, 0.3) is 0 Å². The van der Waals surface area contributed by atoms with Gasteiger partial charge in [-0.1, -0.05) is 17.7 Å². The topological polar surface area (TPSA) is 58.2 Å². The van der Waals surface area contributed by atoms with Crippen LogP contribution in [-0.2, 0) is 11.3 Å². The Morgan fingerprint density at radius 3 is 2.75 bits per heavy atom. The van der Waals surface area contributed by atoms with Gasteiger partial charge in [0.2, 0.25) is 5.91 Å². The zero-order valence-electron chi connectivity index (χ0n) is 11.8. The van der Waals surface area contributed by atoms with Crippen LogP contribution in [-0.4, -0.2) is 34.4 Å². The quantitative estimate of drug-likeness (QED) is 0.877. The number of hydrogen-bond acceptors (Lipinski definition) is 3. The minimum absolute atomic E-state index is 0.0357. The van der Waals surface area contributed by atoms with E-state index in [0.717, 1.165) is 11.6 Å². The molecule has 2 aromatic rings. The molecule has 0 radical (unpaired) electrons. The average Bonchev–Trinajstić information content (AvgIpc) is 2.93. The molecule has 5 nitrogen and oxygen atoms in total. The highest BCUT2D eigenvalue weighted by Crippen LogP contribution is 2.11. The van der Waals surface area contributed by atoms with Gasteiger partial charge in [-0.2, -0.15) is 0 Å². The van der Waals surface area contributed by atoms with Gasteiger partial charge in [0, 0.05) is 19.4 Å². The minimum atomic E-state index is 0.0357. The lowest BCUT2D eigenvalue weighted by atomic mass is 10.2. The van der Waals surface area contributed by atoms with E-state index in [0.29, 0.717) is 19.6 Å². The van der Waals surface area contributed by atoms with Gasteiger partial charge >= 0.3 is 0 Å². The smallest absolute Gasteiger partial charge is 0.226 e. The summed E-state index contributed by atoms with van der Waals surface area (Å²) in [6.07, 6.45) is 3.77. The average molecular weight is 273 g/mol. The van der Waals surface area contributed by atoms with Crippen LogP contribution >= 0.6 is 0 Å². The van der Waals surface area contributed by atoms with Crippen LogP contribution in [0.5, 0.6) is 5.75 Å². The maximum atomic E-state index is 11.9. The molecule has 0 bridgehead atoms. The lowest BCUT2D eigenvalue weighted by Crippen LogP contribution is -2.27. The maximum Gasteiger partial charge on any atom is 0.226 e. The molecule has 0 fully saturated rings. The molecule has 0 aliphatic carbocycles. The number of amides is 1. The number of aromatic amines is 1. The van der Waals surface area contributed by atoms with E-state index in [1.807, 2.05) is 31.2 Å². The van der Waals surface area contributed by atoms with Crippen molar-refractivity contribution in [1.29, 1.82) is 0 Å². The molecular weight excluding hydrogens is 254 g/mol. The maximum absolute atomic E-state index is 11.9. The Labute approximate surface area is 118 Å². The molecule has 0 atom stereocenters. The monoisotopic (exact) mass is 273 g/mol. The van der Waals surface area contributed by atoms with Crippen LogP contribution < -0.4 is 4.74 Å². The number of aromatic nitrogens is 2. The molecule has 1 aromatic carbocycles. The molecule has 20 heavy (non-hydrogen) atoms. The first-order valence-electron chi connectivity index (χ1n) is 6.57. The summed E-state index contributed by atoms with van der Waals surface area (Å²) in [6, 6.07) is 7.79. The Morgan fingerprint density at radius 1 is 1.35 bits per heavy atom. The molecule has 0 spiro atoms. The van der Waals surface area contributed by atoms with Crippen LogP contribution in [0.15, 0.2) is 36.7 Å². The predicted molar refractivity (Wildman–Crippen MR) is 76.4 cm³/mol. The van der Waals surface area contributed by atoms with Gasteiger partial charge in [0.05, 0.1) is 19.6 Å². The predicted octanol–water partition coefficient (Wildman–Crippen LogP) is 2.15. The number of nitrogens with zero attached hydrogens (tertiary/aromatic N) is 2. The second kappa shape index (κ2) is 6.75. The fourth-order valence-corrected chi connectivity index (χ4v) is 1.78. The fraction of sp³-hybridized carbons (Fsp3) is 0.333. The van der Waals surface area contributed by atoms with Crippen LogP contribution in [0.4, 0.5) is 0 Å². The van der Waals surface area contributed by atoms with Gasteiger partial charge < -0.3 is 14.6 Å². The van der Waals surface area contributed by atoms with Gasteiger partial charge in [-0.05, 0) is 19.1 Å². The van der Waals surface area contributed by atoms with Gasteiger partial charge in [0.1, 0.15) is 11.6 Å². The van der Waals surface area contributed by atoms with Crippen molar-refractivity contribution in [3.05, 3.63) is 48.0 Å². The summed E-state index contributed by atoms with van der Waals surface area (Å²) in [5, 5.41) is 0. The summed E-state index contributed by atoms with van der Waals surface area (Å²) < 4.78 is 5.55. The van der Waals surface area contributed by atoms with Crippen molar-refractivity contribution in [3.63, 3.8) is 0 Å². The Bertz CT molecular complexity index is 535. The molecule has 106 valence electrons. The molecule has 1 amide bonds. The molecule has 2 rings (SSSR count). The van der Waals surface area contributed by atoms with Crippen molar-refractivity contribution in [2.75, 3.05) is 13.7 Å². The van der Waals surface area contributed by atoms with E-state index in [9.17, 15) is 4.79 Å². The molecule has 0 unspecified atom stereocenters. The Hall–Kier alpha value is -2.30. The number of hydrogen-bond donors (Lipinski definition) is 1. The van der Waals surface area contributed by atoms with E-state index >= 15 is 0 Å². The van der Waals surface area contributed by atoms with Gasteiger partial charge in [0.25, 0.3) is 0 Å². The third-order valence-electron chi connectivity index (χ3n) is 2.97. The highest BCUT2D eigenvalue weighted by Gasteiger charge is 2.10. The molecule has 0 aliphatic heterocycles. The second-order valence-corrected chi connectivity index (χ2v) is 4.70. The summed E-state index contributed by atoms with van der Waals surface area (Å²) in [5.74, 6) is 1.60. The van der Waals surface area contributed by atoms with Crippen molar-refractivity contribution in [2.45, 2.75) is 19.9 Å². The number of imidazole rings is 1. The Morgan fingerprint density at radius 2 is 2.10 bits per heavy atom. The number of nitrogens with one attached hydrogen (secondary N) is 1. The normalized spacial score (nSPS) is 10.3. The van der Waals surface area contributed by atoms with Crippen molar-refractivity contribution in [3.8, 4) is 5.75 Å². The molecular formula is C15H19N3O2. The lowest BCUT2D eigenvalue weighted by molar-refractivity contribution is -0.131. The minimum Gasteiger partial charge on any atom is -0.493 e. The van der Waals surface area contributed by atoms with E-state index in [1.165, 1.54) is 5.56 Å². The highest BCUT2D eigenvalue weighted by atomic mass is 16.5. The van der Waals surface area contributed by atoms with Gasteiger partial charge in [0.15, 0.2) is 0 Å². The van der Waals surface area contributed by atoms with Crippen molar-refractivity contribution < 1.29 is 9.53 Å². The third-order valence-corrected chi connectivity index (χ3v) is 2.97. The van der Waals surface area contributed by atoms with E-state index in [4.69, 9.17) is 4.74 Å². The Kier molecular flexibility index (Phi) is 4.76. The highest BCUT2D eigenvalue weighted by molar-refractivity contribution is 5.75. The molecule has 1 aromatic heterocycles. The van der Waals surface area contributed by atoms with Crippen molar-refractivity contribution in [2.24, 2.45) is 0 Å². The molecule has 0 aliphatic rings. The van der Waals surface area contributed by atoms with Gasteiger partial charge in [-0.25, -0.2) is 4.98 Å². The third kappa shape index (κ3) is 4.12. The molecule has 0 saturated carbocycles. The van der Waals surface area contributed by atoms with Gasteiger partial charge in [-0.3, -0.25) is 4.79 Å². The summed E-state index contributed by atoms with van der Waals surface area (Å²) in [6.45, 7) is 2.89. The number of H-pyrrole nitrogens is 1. The molecule has 0 saturated heterocycles. The standard InChI is InChI=1S/C15H19N3O2/c1-12-3-5-13(6-4-12)20-10-7-15(19)18(2)11-14-16-8-9-17-14/h3-6,8-9H,7,10-11H2,1-2H3,(H,16,17). The number of rotatable bonds is 6. The zero-order chi connectivity index (χ0) is 14.4. The second-order valence-electron chi connectivity index (χ2n) is 4.70. The first-order chi connectivity index (χ1) is 9.65. The molecule has 1 N–H and O–H groups in total. The summed E-state index contributed by atoms with van der Waals surface area (Å²) >= 11 is 0. The van der Waals surface area contributed by atoms with Crippen LogP contribution in [0.1, 0.15) is 17.8 Å². The van der Waals surface area contributed by atoms with Crippen molar-refractivity contribution in [1.82, 2.24) is 14.9 Å². The number of aryl methyl sites for hydroxylation is 1.